The molecule has 0 spiro atoms. The molecule has 2 aromatic rings. The van der Waals surface area contributed by atoms with Gasteiger partial charge in [0.1, 0.15) is 10.1 Å². The minimum atomic E-state index is 0.753. The molecule has 0 radical (unpaired) electrons. The van der Waals surface area contributed by atoms with Gasteiger partial charge in [-0.3, -0.25) is 4.90 Å². The minimum Gasteiger partial charge on any atom is -0.496 e. The van der Waals surface area contributed by atoms with Gasteiger partial charge in [-0.2, -0.15) is 0 Å². The number of para-hydroxylation sites is 1. The summed E-state index contributed by atoms with van der Waals surface area (Å²) in [5, 5.41) is 0. The molecule has 3 rings (SSSR count). The fraction of sp³-hybridized carbons (Fsp3) is 0.381. The van der Waals surface area contributed by atoms with E-state index in [0.29, 0.717) is 0 Å². The van der Waals surface area contributed by atoms with Gasteiger partial charge in [0.05, 0.1) is 33.9 Å². The third-order valence-electron chi connectivity index (χ3n) is 4.72. The van der Waals surface area contributed by atoms with Gasteiger partial charge in [0.15, 0.2) is 11.5 Å². The number of rotatable bonds is 8. The maximum Gasteiger partial charge on any atom is 0.160 e. The molecule has 0 bridgehead atoms. The summed E-state index contributed by atoms with van der Waals surface area (Å²) in [6.07, 6.45) is 0.941. The Bertz CT molecular complexity index is 816. The van der Waals surface area contributed by atoms with Crippen LogP contribution in [0.15, 0.2) is 42.5 Å². The van der Waals surface area contributed by atoms with Gasteiger partial charge in [-0.1, -0.05) is 48.2 Å². The minimum absolute atomic E-state index is 0.753. The van der Waals surface area contributed by atoms with Crippen LogP contribution in [0, 0.1) is 0 Å². The molecule has 0 aliphatic carbocycles. The molecule has 0 amide bonds. The number of methoxy groups -OCH3 is 3. The van der Waals surface area contributed by atoms with Gasteiger partial charge >= 0.3 is 0 Å². The maximum absolute atomic E-state index is 5.59. The van der Waals surface area contributed by atoms with E-state index in [0.717, 1.165) is 59.2 Å². The molecule has 1 heterocycles. The first-order valence-corrected chi connectivity index (χ1v) is 10.5. The zero-order valence-electron chi connectivity index (χ0n) is 16.5. The molecular formula is C21H26N2O3S2. The Morgan fingerprint density at radius 3 is 2.46 bits per heavy atom. The first kappa shape index (κ1) is 20.8. The molecule has 0 atom stereocenters. The fourth-order valence-electron chi connectivity index (χ4n) is 3.19. The summed E-state index contributed by atoms with van der Waals surface area (Å²) in [5.41, 5.74) is 2.38. The Hall–Kier alpha value is -1.96. The van der Waals surface area contributed by atoms with Crippen molar-refractivity contribution in [1.29, 1.82) is 0 Å². The maximum atomic E-state index is 5.59. The van der Waals surface area contributed by atoms with Gasteiger partial charge in [-0.05, 0) is 30.2 Å². The van der Waals surface area contributed by atoms with Crippen LogP contribution < -0.4 is 14.2 Å². The number of benzene rings is 2. The van der Waals surface area contributed by atoms with Crippen molar-refractivity contribution in [2.24, 2.45) is 0 Å². The SMILES string of the molecule is COc1ccccc1CN1CN(CCc2ccc(OC)c(OC)c2)CSC1=S. The van der Waals surface area contributed by atoms with Gasteiger partial charge in [0.25, 0.3) is 0 Å². The van der Waals surface area contributed by atoms with Gasteiger partial charge in [-0.25, -0.2) is 0 Å². The van der Waals surface area contributed by atoms with Crippen LogP contribution >= 0.6 is 24.0 Å². The monoisotopic (exact) mass is 418 g/mol. The van der Waals surface area contributed by atoms with E-state index in [1.807, 2.05) is 30.3 Å². The molecule has 1 aliphatic rings. The molecule has 0 saturated carbocycles. The lowest BCUT2D eigenvalue weighted by atomic mass is 10.1. The number of hydrogen-bond acceptors (Lipinski definition) is 6. The highest BCUT2D eigenvalue weighted by Crippen LogP contribution is 2.28. The smallest absolute Gasteiger partial charge is 0.160 e. The van der Waals surface area contributed by atoms with Crippen molar-refractivity contribution in [1.82, 2.24) is 9.80 Å². The zero-order valence-corrected chi connectivity index (χ0v) is 18.1. The van der Waals surface area contributed by atoms with E-state index < -0.39 is 0 Å². The Morgan fingerprint density at radius 1 is 0.964 bits per heavy atom. The number of thiocarbonyl (C=S) groups is 1. The predicted molar refractivity (Wildman–Crippen MR) is 118 cm³/mol. The predicted octanol–water partition coefficient (Wildman–Crippen LogP) is 4.01. The van der Waals surface area contributed by atoms with Crippen molar-refractivity contribution in [3.05, 3.63) is 53.6 Å². The highest BCUT2D eigenvalue weighted by Gasteiger charge is 2.22. The molecule has 5 nitrogen and oxygen atoms in total. The van der Waals surface area contributed by atoms with Crippen LogP contribution in [0.2, 0.25) is 0 Å². The van der Waals surface area contributed by atoms with E-state index in [2.05, 4.69) is 21.9 Å². The number of nitrogens with zero attached hydrogens (tertiary/aromatic N) is 2. The zero-order chi connectivity index (χ0) is 19.9. The first-order valence-electron chi connectivity index (χ1n) is 9.11. The topological polar surface area (TPSA) is 34.2 Å². The van der Waals surface area contributed by atoms with Gasteiger partial charge < -0.3 is 19.1 Å². The van der Waals surface area contributed by atoms with Gasteiger partial charge in [0, 0.05) is 18.7 Å². The van der Waals surface area contributed by atoms with Crippen molar-refractivity contribution in [2.75, 3.05) is 40.4 Å². The van der Waals surface area contributed by atoms with E-state index in [4.69, 9.17) is 26.4 Å². The van der Waals surface area contributed by atoms with Crippen LogP contribution in [-0.4, -0.2) is 54.5 Å². The quantitative estimate of drug-likeness (QED) is 0.599. The molecule has 1 aliphatic heterocycles. The van der Waals surface area contributed by atoms with Crippen LogP contribution in [-0.2, 0) is 13.0 Å². The van der Waals surface area contributed by atoms with Gasteiger partial charge in [0.2, 0.25) is 0 Å². The highest BCUT2D eigenvalue weighted by atomic mass is 32.2. The molecule has 1 fully saturated rings. The van der Waals surface area contributed by atoms with E-state index >= 15 is 0 Å². The summed E-state index contributed by atoms with van der Waals surface area (Å²) < 4.78 is 17.1. The van der Waals surface area contributed by atoms with Crippen molar-refractivity contribution in [3.8, 4) is 17.2 Å². The third-order valence-corrected chi connectivity index (χ3v) is 6.33. The molecular weight excluding hydrogens is 392 g/mol. The van der Waals surface area contributed by atoms with Crippen molar-refractivity contribution in [3.63, 3.8) is 0 Å². The van der Waals surface area contributed by atoms with Crippen molar-refractivity contribution < 1.29 is 14.2 Å². The van der Waals surface area contributed by atoms with Crippen LogP contribution in [0.1, 0.15) is 11.1 Å². The molecule has 7 heteroatoms. The largest absolute Gasteiger partial charge is 0.496 e. The summed E-state index contributed by atoms with van der Waals surface area (Å²) in [4.78, 5) is 4.64. The third kappa shape index (κ3) is 5.10. The number of thioether (sulfide) groups is 1. The molecule has 150 valence electrons. The van der Waals surface area contributed by atoms with Crippen molar-refractivity contribution in [2.45, 2.75) is 13.0 Å². The summed E-state index contributed by atoms with van der Waals surface area (Å²) in [7, 11) is 5.03. The second kappa shape index (κ2) is 10.0. The van der Waals surface area contributed by atoms with E-state index in [1.54, 1.807) is 33.1 Å². The molecule has 0 N–H and O–H groups in total. The number of ether oxygens (including phenoxy) is 3. The number of hydrogen-bond donors (Lipinski definition) is 0. The second-order valence-electron chi connectivity index (χ2n) is 6.52. The summed E-state index contributed by atoms with van der Waals surface area (Å²) in [5.74, 6) is 3.34. The summed E-state index contributed by atoms with van der Waals surface area (Å²) in [6.45, 7) is 2.52. The standard InChI is InChI=1S/C21H26N2O3S2/c1-24-18-7-5-4-6-17(18)13-23-14-22(15-28-21(23)27)11-10-16-8-9-19(25-2)20(12-16)26-3/h4-9,12H,10-11,13-15H2,1-3H3. The van der Waals surface area contributed by atoms with E-state index in [9.17, 15) is 0 Å². The molecule has 0 unspecified atom stereocenters. The average molecular weight is 419 g/mol. The van der Waals surface area contributed by atoms with Crippen LogP contribution in [0.5, 0.6) is 17.2 Å². The van der Waals surface area contributed by atoms with Crippen LogP contribution in [0.4, 0.5) is 0 Å². The van der Waals surface area contributed by atoms with Crippen molar-refractivity contribution >= 4 is 28.3 Å². The molecule has 1 saturated heterocycles. The Balaban J connectivity index is 1.61. The normalized spacial score (nSPS) is 14.8. The lowest BCUT2D eigenvalue weighted by Crippen LogP contribution is -2.45. The molecule has 2 aromatic carbocycles. The average Bonchev–Trinajstić information content (AvgIpc) is 2.74. The molecule has 28 heavy (non-hydrogen) atoms. The Kier molecular flexibility index (Phi) is 7.42. The highest BCUT2D eigenvalue weighted by molar-refractivity contribution is 8.22. The lowest BCUT2D eigenvalue weighted by Gasteiger charge is -2.37. The first-order chi connectivity index (χ1) is 13.6. The lowest BCUT2D eigenvalue weighted by molar-refractivity contribution is 0.208. The van der Waals surface area contributed by atoms with E-state index in [1.165, 1.54) is 5.56 Å². The van der Waals surface area contributed by atoms with Crippen LogP contribution in [0.3, 0.4) is 0 Å². The summed E-state index contributed by atoms with van der Waals surface area (Å²) >= 11 is 7.30. The summed E-state index contributed by atoms with van der Waals surface area (Å²) in [6, 6.07) is 14.2. The van der Waals surface area contributed by atoms with Gasteiger partial charge in [-0.15, -0.1) is 0 Å². The Morgan fingerprint density at radius 2 is 1.71 bits per heavy atom. The van der Waals surface area contributed by atoms with Crippen LogP contribution in [0.25, 0.3) is 0 Å². The van der Waals surface area contributed by atoms with E-state index in [-0.39, 0.29) is 0 Å². The fourth-order valence-corrected chi connectivity index (χ4v) is 4.28. The Labute approximate surface area is 176 Å². The molecule has 0 aromatic heterocycles. The second-order valence-corrected chi connectivity index (χ2v) is 8.10.